The van der Waals surface area contributed by atoms with E-state index < -0.39 is 16.6 Å². The van der Waals surface area contributed by atoms with Crippen molar-refractivity contribution in [2.24, 2.45) is 0 Å². The molecule has 0 aliphatic rings. The normalized spacial score (nSPS) is 11.4. The maximum atomic E-state index is 13.2. The van der Waals surface area contributed by atoms with Gasteiger partial charge in [-0.25, -0.2) is 13.1 Å². The first kappa shape index (κ1) is 26.4. The number of carbonyl (C=O) groups excluding carboxylic acids is 1. The van der Waals surface area contributed by atoms with Crippen LogP contribution in [0.25, 0.3) is 22.4 Å². The monoisotopic (exact) mass is 539 g/mol. The van der Waals surface area contributed by atoms with Crippen molar-refractivity contribution in [3.63, 3.8) is 0 Å². The molecule has 1 amide bonds. The third-order valence-corrected chi connectivity index (χ3v) is 7.52. The molecule has 0 aliphatic carbocycles. The second-order valence-electron chi connectivity index (χ2n) is 8.21. The molecule has 0 bridgehead atoms. The summed E-state index contributed by atoms with van der Waals surface area (Å²) < 4.78 is 28.4. The van der Waals surface area contributed by atoms with E-state index in [1.807, 2.05) is 48.5 Å². The first-order valence-corrected chi connectivity index (χ1v) is 13.3. The van der Waals surface area contributed by atoms with Crippen molar-refractivity contribution in [1.29, 1.82) is 0 Å². The Kier molecular flexibility index (Phi) is 8.24. The molecular weight excluding hydrogens is 514 g/mol. The highest BCUT2D eigenvalue weighted by atomic mass is 35.5. The van der Waals surface area contributed by atoms with E-state index in [1.54, 1.807) is 29.1 Å². The lowest BCUT2D eigenvalue weighted by Gasteiger charge is -2.11. The molecule has 4 N–H and O–H groups in total. The third kappa shape index (κ3) is 6.17. The van der Waals surface area contributed by atoms with Gasteiger partial charge in [0.25, 0.3) is 5.91 Å². The fraction of sp³-hybridized carbons (Fsp3) is 0.154. The first-order chi connectivity index (χ1) is 17.8. The Morgan fingerprint density at radius 3 is 2.57 bits per heavy atom. The van der Waals surface area contributed by atoms with Crippen LogP contribution in [0.2, 0.25) is 5.02 Å². The van der Waals surface area contributed by atoms with E-state index in [4.69, 9.17) is 16.7 Å². The van der Waals surface area contributed by atoms with Crippen LogP contribution >= 0.6 is 11.6 Å². The summed E-state index contributed by atoms with van der Waals surface area (Å²) in [6.07, 6.45) is 3.41. The molecule has 0 aliphatic heterocycles. The van der Waals surface area contributed by atoms with E-state index in [2.05, 4.69) is 26.8 Å². The minimum atomic E-state index is -3.88. The standard InChI is InChI=1S/C26H26ClN5O4S/c1-18(17-33)37(35,36)30-11-12-32-16-20(13-24(32)26(34)28-14-19-7-3-2-4-8-19)25-22(15-29-31-25)21-9-5-6-10-23(21)27/h2-10,13,15-16,30,33H,1,11-12,14,17H2,(H,28,34)(H,29,31). The molecule has 192 valence electrons. The molecule has 0 spiro atoms. The van der Waals surface area contributed by atoms with Gasteiger partial charge in [-0.1, -0.05) is 66.7 Å². The van der Waals surface area contributed by atoms with Crippen molar-refractivity contribution in [1.82, 2.24) is 24.8 Å². The zero-order valence-electron chi connectivity index (χ0n) is 19.8. The third-order valence-electron chi connectivity index (χ3n) is 5.72. The number of nitrogens with one attached hydrogen (secondary N) is 3. The number of rotatable bonds is 11. The zero-order valence-corrected chi connectivity index (χ0v) is 21.4. The Morgan fingerprint density at radius 1 is 1.11 bits per heavy atom. The van der Waals surface area contributed by atoms with E-state index in [9.17, 15) is 13.2 Å². The van der Waals surface area contributed by atoms with E-state index in [0.29, 0.717) is 28.5 Å². The number of hydrogen-bond acceptors (Lipinski definition) is 5. The Hall–Kier alpha value is -3.70. The van der Waals surface area contributed by atoms with E-state index >= 15 is 0 Å². The number of carbonyl (C=O) groups is 1. The van der Waals surface area contributed by atoms with Crippen LogP contribution in [-0.4, -0.2) is 47.3 Å². The Bertz CT molecular complexity index is 1510. The van der Waals surface area contributed by atoms with Gasteiger partial charge >= 0.3 is 0 Å². The average Bonchev–Trinajstić information content (AvgIpc) is 3.55. The molecule has 0 radical (unpaired) electrons. The van der Waals surface area contributed by atoms with Crippen molar-refractivity contribution >= 4 is 27.5 Å². The number of halogens is 1. The number of hydrogen-bond donors (Lipinski definition) is 4. The lowest BCUT2D eigenvalue weighted by atomic mass is 10.0. The lowest BCUT2D eigenvalue weighted by Crippen LogP contribution is -2.31. The van der Waals surface area contributed by atoms with Crippen molar-refractivity contribution in [3.8, 4) is 22.4 Å². The first-order valence-electron chi connectivity index (χ1n) is 11.4. The van der Waals surface area contributed by atoms with Crippen molar-refractivity contribution in [3.05, 3.63) is 101 Å². The van der Waals surface area contributed by atoms with Crippen LogP contribution in [0.15, 0.2) is 84.5 Å². The molecule has 11 heteroatoms. The highest BCUT2D eigenvalue weighted by Gasteiger charge is 2.20. The summed E-state index contributed by atoms with van der Waals surface area (Å²) in [5.74, 6) is -0.323. The maximum Gasteiger partial charge on any atom is 0.268 e. The summed E-state index contributed by atoms with van der Waals surface area (Å²) in [6.45, 7) is 3.15. The average molecular weight is 540 g/mol. The van der Waals surface area contributed by atoms with Crippen LogP contribution in [0, 0.1) is 0 Å². The summed E-state index contributed by atoms with van der Waals surface area (Å²) in [4.78, 5) is 12.9. The van der Waals surface area contributed by atoms with Crippen LogP contribution in [0.1, 0.15) is 16.1 Å². The summed E-state index contributed by atoms with van der Waals surface area (Å²) in [7, 11) is -3.88. The van der Waals surface area contributed by atoms with Crippen LogP contribution in [-0.2, 0) is 23.1 Å². The smallest absolute Gasteiger partial charge is 0.268 e. The SMILES string of the molecule is C=C(CO)S(=O)(=O)NCCn1cc(-c2[nH]ncc2-c2ccccc2Cl)cc1C(=O)NCc1ccccc1. The topological polar surface area (TPSA) is 129 Å². The Labute approximate surface area is 219 Å². The van der Waals surface area contributed by atoms with Gasteiger partial charge in [-0.3, -0.25) is 9.89 Å². The van der Waals surface area contributed by atoms with Crippen LogP contribution < -0.4 is 10.0 Å². The number of aliphatic hydroxyl groups is 1. The molecule has 2 heterocycles. The van der Waals surface area contributed by atoms with E-state index in [0.717, 1.165) is 16.7 Å². The number of aliphatic hydroxyl groups excluding tert-OH is 1. The van der Waals surface area contributed by atoms with E-state index in [1.165, 1.54) is 0 Å². The molecule has 37 heavy (non-hydrogen) atoms. The fourth-order valence-electron chi connectivity index (χ4n) is 3.77. The van der Waals surface area contributed by atoms with Gasteiger partial charge in [0.2, 0.25) is 10.0 Å². The predicted molar refractivity (Wildman–Crippen MR) is 143 cm³/mol. The van der Waals surface area contributed by atoms with Gasteiger partial charge < -0.3 is 15.0 Å². The minimum Gasteiger partial charge on any atom is -0.391 e. The van der Waals surface area contributed by atoms with Crippen LogP contribution in [0.5, 0.6) is 0 Å². The molecule has 9 nitrogen and oxygen atoms in total. The quantitative estimate of drug-likeness (QED) is 0.232. The van der Waals surface area contributed by atoms with Crippen LogP contribution in [0.4, 0.5) is 0 Å². The molecule has 0 saturated carbocycles. The molecule has 4 aromatic rings. The van der Waals surface area contributed by atoms with Gasteiger partial charge in [-0.05, 0) is 17.7 Å². The van der Waals surface area contributed by atoms with E-state index in [-0.39, 0.29) is 23.9 Å². The summed E-state index contributed by atoms with van der Waals surface area (Å²) in [6, 6.07) is 18.6. The maximum absolute atomic E-state index is 13.2. The highest BCUT2D eigenvalue weighted by molar-refractivity contribution is 7.93. The van der Waals surface area contributed by atoms with Gasteiger partial charge in [0, 0.05) is 47.5 Å². The number of aromatic amines is 1. The van der Waals surface area contributed by atoms with Crippen LogP contribution in [0.3, 0.4) is 0 Å². The number of sulfonamides is 1. The number of aromatic nitrogens is 3. The predicted octanol–water partition coefficient (Wildman–Crippen LogP) is 3.55. The molecule has 0 unspecified atom stereocenters. The zero-order chi connectivity index (χ0) is 26.4. The molecule has 4 rings (SSSR count). The summed E-state index contributed by atoms with van der Waals surface area (Å²) in [5, 5.41) is 19.7. The molecule has 0 saturated heterocycles. The fourth-order valence-corrected chi connectivity index (χ4v) is 4.74. The van der Waals surface area contributed by atoms with Gasteiger partial charge in [0.15, 0.2) is 0 Å². The lowest BCUT2D eigenvalue weighted by molar-refractivity contribution is 0.0941. The molecule has 0 atom stereocenters. The highest BCUT2D eigenvalue weighted by Crippen LogP contribution is 2.35. The second-order valence-corrected chi connectivity index (χ2v) is 10.5. The molecule has 2 aromatic heterocycles. The summed E-state index contributed by atoms with van der Waals surface area (Å²) in [5.41, 5.74) is 4.17. The summed E-state index contributed by atoms with van der Waals surface area (Å²) >= 11 is 6.41. The van der Waals surface area contributed by atoms with Gasteiger partial charge in [-0.15, -0.1) is 0 Å². The molecular formula is C26H26ClN5O4S. The number of benzene rings is 2. The number of H-pyrrole nitrogens is 1. The largest absolute Gasteiger partial charge is 0.391 e. The van der Waals surface area contributed by atoms with Gasteiger partial charge in [0.1, 0.15) is 5.69 Å². The van der Waals surface area contributed by atoms with Crippen molar-refractivity contribution in [2.45, 2.75) is 13.1 Å². The Balaban J connectivity index is 1.63. The number of amides is 1. The Morgan fingerprint density at radius 2 is 1.84 bits per heavy atom. The van der Waals surface area contributed by atoms with Gasteiger partial charge in [-0.2, -0.15) is 5.10 Å². The number of nitrogens with zero attached hydrogens (tertiary/aromatic N) is 2. The van der Waals surface area contributed by atoms with Gasteiger partial charge in [0.05, 0.1) is 23.4 Å². The minimum absolute atomic E-state index is 0.0191. The van der Waals surface area contributed by atoms with Crippen molar-refractivity contribution in [2.75, 3.05) is 13.2 Å². The molecule has 0 fully saturated rings. The van der Waals surface area contributed by atoms with Crippen molar-refractivity contribution < 1.29 is 18.3 Å². The second kappa shape index (κ2) is 11.6. The molecule has 2 aromatic carbocycles.